The van der Waals surface area contributed by atoms with Crippen molar-refractivity contribution in [3.8, 4) is 6.07 Å². The molecule has 2 heterocycles. The number of ether oxygens (including phenoxy) is 1. The summed E-state index contributed by atoms with van der Waals surface area (Å²) >= 11 is 1.51. The smallest absolute Gasteiger partial charge is 0.339 e. The van der Waals surface area contributed by atoms with E-state index >= 15 is 0 Å². The molecule has 6 heteroatoms. The van der Waals surface area contributed by atoms with E-state index < -0.39 is 0 Å². The highest BCUT2D eigenvalue weighted by molar-refractivity contribution is 7.16. The van der Waals surface area contributed by atoms with E-state index in [1.165, 1.54) is 16.2 Å². The molecule has 3 aromatic rings. The average molecular weight is 429 g/mol. The molecule has 1 aliphatic carbocycles. The van der Waals surface area contributed by atoms with Gasteiger partial charge in [-0.2, -0.15) is 5.26 Å². The highest BCUT2D eigenvalue weighted by atomic mass is 32.1. The Hall–Kier alpha value is -3.43. The molecule has 1 unspecified atom stereocenters. The first-order chi connectivity index (χ1) is 15.1. The zero-order chi connectivity index (χ0) is 21.4. The van der Waals surface area contributed by atoms with E-state index in [0.29, 0.717) is 28.1 Å². The summed E-state index contributed by atoms with van der Waals surface area (Å²) in [5, 5.41) is 13.2. The van der Waals surface area contributed by atoms with Crippen LogP contribution in [0.5, 0.6) is 0 Å². The number of benzene rings is 2. The minimum absolute atomic E-state index is 0.270. The maximum Gasteiger partial charge on any atom is 0.339 e. The third-order valence-electron chi connectivity index (χ3n) is 5.92. The van der Waals surface area contributed by atoms with E-state index in [1.54, 1.807) is 18.2 Å². The van der Waals surface area contributed by atoms with Crippen molar-refractivity contribution in [1.82, 2.24) is 0 Å². The number of nitriles is 1. The first-order valence-electron chi connectivity index (χ1n) is 10.4. The number of anilines is 1. The van der Waals surface area contributed by atoms with Crippen LogP contribution in [0.25, 0.3) is 0 Å². The number of hydrogen-bond donors (Lipinski definition) is 1. The summed E-state index contributed by atoms with van der Waals surface area (Å²) in [7, 11) is 0. The molecule has 1 amide bonds. The van der Waals surface area contributed by atoms with Gasteiger partial charge in [0.05, 0.1) is 11.1 Å². The molecule has 0 radical (unpaired) electrons. The molecule has 2 aliphatic rings. The van der Waals surface area contributed by atoms with Crippen LogP contribution in [-0.2, 0) is 24.0 Å². The van der Waals surface area contributed by atoms with Crippen LogP contribution in [0.4, 0.5) is 5.00 Å². The van der Waals surface area contributed by atoms with Gasteiger partial charge >= 0.3 is 5.97 Å². The average Bonchev–Trinajstić information content (AvgIpc) is 3.16. The second-order valence-electron chi connectivity index (χ2n) is 7.86. The van der Waals surface area contributed by atoms with E-state index in [0.717, 1.165) is 42.4 Å². The molecule has 5 nitrogen and oxygen atoms in total. The highest BCUT2D eigenvalue weighted by Crippen LogP contribution is 2.38. The molecule has 0 saturated heterocycles. The maximum atomic E-state index is 13.0. The summed E-state index contributed by atoms with van der Waals surface area (Å²) in [6.45, 7) is 0. The van der Waals surface area contributed by atoms with Crippen LogP contribution < -0.4 is 5.32 Å². The number of hydrogen-bond acceptors (Lipinski definition) is 5. The third-order valence-corrected chi connectivity index (χ3v) is 7.13. The van der Waals surface area contributed by atoms with Crippen molar-refractivity contribution in [2.45, 2.75) is 38.2 Å². The third kappa shape index (κ3) is 3.62. The van der Waals surface area contributed by atoms with Crippen LogP contribution in [-0.4, -0.2) is 11.9 Å². The quantitative estimate of drug-likeness (QED) is 0.581. The maximum absolute atomic E-state index is 13.0. The number of thiophene rings is 1. The van der Waals surface area contributed by atoms with Gasteiger partial charge in [0, 0.05) is 16.9 Å². The van der Waals surface area contributed by atoms with Crippen LogP contribution in [0, 0.1) is 11.3 Å². The summed E-state index contributed by atoms with van der Waals surface area (Å²) in [6, 6.07) is 16.9. The minimum Gasteiger partial charge on any atom is -0.454 e. The molecule has 0 fully saturated rings. The van der Waals surface area contributed by atoms with Crippen LogP contribution in [0.1, 0.15) is 66.8 Å². The lowest BCUT2D eigenvalue weighted by Crippen LogP contribution is -2.23. The Morgan fingerprint density at radius 3 is 2.74 bits per heavy atom. The largest absolute Gasteiger partial charge is 0.454 e. The van der Waals surface area contributed by atoms with Gasteiger partial charge in [0.1, 0.15) is 17.2 Å². The van der Waals surface area contributed by atoms with Crippen LogP contribution in [0.15, 0.2) is 48.5 Å². The molecule has 1 atom stereocenters. The molecule has 1 N–H and O–H groups in total. The molecule has 0 saturated carbocycles. The van der Waals surface area contributed by atoms with Gasteiger partial charge in [0.25, 0.3) is 5.91 Å². The fourth-order valence-electron chi connectivity index (χ4n) is 4.34. The summed E-state index contributed by atoms with van der Waals surface area (Å²) in [5.74, 6) is -0.646. The van der Waals surface area contributed by atoms with Crippen LogP contribution in [0.3, 0.4) is 0 Å². The second-order valence-corrected chi connectivity index (χ2v) is 8.97. The van der Waals surface area contributed by atoms with E-state index in [4.69, 9.17) is 4.74 Å². The van der Waals surface area contributed by atoms with Gasteiger partial charge in [-0.25, -0.2) is 4.79 Å². The summed E-state index contributed by atoms with van der Waals surface area (Å²) in [5.41, 5.74) is 4.37. The predicted molar refractivity (Wildman–Crippen MR) is 118 cm³/mol. The first-order valence-corrected chi connectivity index (χ1v) is 11.2. The van der Waals surface area contributed by atoms with E-state index in [2.05, 4.69) is 11.4 Å². The van der Waals surface area contributed by atoms with Gasteiger partial charge in [-0.3, -0.25) is 4.79 Å². The van der Waals surface area contributed by atoms with Gasteiger partial charge in [-0.05, 0) is 60.6 Å². The number of nitrogens with one attached hydrogen (secondary N) is 1. The molecular weight excluding hydrogens is 408 g/mol. The number of amides is 1. The van der Waals surface area contributed by atoms with Crippen molar-refractivity contribution in [2.24, 2.45) is 0 Å². The van der Waals surface area contributed by atoms with E-state index in [9.17, 15) is 14.9 Å². The van der Waals surface area contributed by atoms with Crippen LogP contribution >= 0.6 is 11.3 Å². The van der Waals surface area contributed by atoms with E-state index in [-0.39, 0.29) is 18.0 Å². The van der Waals surface area contributed by atoms with Crippen LogP contribution in [0.2, 0.25) is 0 Å². The summed E-state index contributed by atoms with van der Waals surface area (Å²) < 4.78 is 5.60. The molecule has 31 heavy (non-hydrogen) atoms. The molecule has 154 valence electrons. The lowest BCUT2D eigenvalue weighted by atomic mass is 9.93. The van der Waals surface area contributed by atoms with Crippen molar-refractivity contribution in [3.05, 3.63) is 86.8 Å². The van der Waals surface area contributed by atoms with Crippen molar-refractivity contribution >= 4 is 28.2 Å². The Balaban J connectivity index is 1.41. The lowest BCUT2D eigenvalue weighted by molar-refractivity contribution is 0.0252. The van der Waals surface area contributed by atoms with Crippen molar-refractivity contribution in [1.29, 1.82) is 5.26 Å². The molecule has 1 aliphatic heterocycles. The Labute approximate surface area is 184 Å². The van der Waals surface area contributed by atoms with Crippen molar-refractivity contribution in [3.63, 3.8) is 0 Å². The summed E-state index contributed by atoms with van der Waals surface area (Å²) in [6.07, 6.45) is 4.21. The predicted octanol–water partition coefficient (Wildman–Crippen LogP) is 5.21. The monoisotopic (exact) mass is 428 g/mol. The van der Waals surface area contributed by atoms with Gasteiger partial charge in [-0.1, -0.05) is 30.3 Å². The Kier molecular flexibility index (Phi) is 5.05. The lowest BCUT2D eigenvalue weighted by Gasteiger charge is -2.25. The number of aryl methyl sites for hydroxylation is 1. The SMILES string of the molecule is N#Cc1c(NC(=O)c2ccc3c(c2)CC(c2ccccc2)OC3=O)sc2c1CCCC2. The normalized spacial score (nSPS) is 17.1. The van der Waals surface area contributed by atoms with Gasteiger partial charge in [0.2, 0.25) is 0 Å². The van der Waals surface area contributed by atoms with E-state index in [1.807, 2.05) is 30.3 Å². The fraction of sp³-hybridized carbons (Fsp3) is 0.240. The number of esters is 1. The van der Waals surface area contributed by atoms with Gasteiger partial charge in [0.15, 0.2) is 0 Å². The minimum atomic E-state index is -0.375. The Morgan fingerprint density at radius 2 is 1.94 bits per heavy atom. The van der Waals surface area contributed by atoms with Gasteiger partial charge in [-0.15, -0.1) is 11.3 Å². The zero-order valence-corrected chi connectivity index (χ0v) is 17.6. The standard InChI is InChI=1S/C25H20N2O3S/c26-14-20-19-8-4-5-9-22(19)31-24(20)27-23(28)16-10-11-18-17(12-16)13-21(30-25(18)29)15-6-2-1-3-7-15/h1-3,6-7,10-12,21H,4-5,8-9,13H2,(H,27,28). The van der Waals surface area contributed by atoms with Crippen molar-refractivity contribution in [2.75, 3.05) is 5.32 Å². The molecule has 5 rings (SSSR count). The molecule has 2 aromatic carbocycles. The second kappa shape index (κ2) is 8.01. The molecular formula is C25H20N2O3S. The first kappa shape index (κ1) is 19.5. The number of cyclic esters (lactones) is 1. The number of fused-ring (bicyclic) bond motifs is 2. The number of carbonyl (C=O) groups excluding carboxylic acids is 2. The zero-order valence-electron chi connectivity index (χ0n) is 16.8. The molecule has 0 bridgehead atoms. The topological polar surface area (TPSA) is 79.2 Å². The Bertz CT molecular complexity index is 1220. The number of carbonyl (C=O) groups is 2. The number of nitrogens with zero attached hydrogens (tertiary/aromatic N) is 1. The van der Waals surface area contributed by atoms with Crippen molar-refractivity contribution < 1.29 is 14.3 Å². The summed E-state index contributed by atoms with van der Waals surface area (Å²) in [4.78, 5) is 26.7. The molecule has 0 spiro atoms. The fourth-order valence-corrected chi connectivity index (χ4v) is 5.57. The van der Waals surface area contributed by atoms with Gasteiger partial charge < -0.3 is 10.1 Å². The number of rotatable bonds is 3. The molecule has 1 aromatic heterocycles. The Morgan fingerprint density at radius 1 is 1.13 bits per heavy atom. The highest BCUT2D eigenvalue weighted by Gasteiger charge is 2.28.